The van der Waals surface area contributed by atoms with Crippen LogP contribution in [0.15, 0.2) is 72.9 Å². The fourth-order valence-electron chi connectivity index (χ4n) is 3.99. The van der Waals surface area contributed by atoms with E-state index < -0.39 is 0 Å². The topological polar surface area (TPSA) is 45.2 Å². The third kappa shape index (κ3) is 5.30. The molecule has 1 atom stereocenters. The maximum Gasteiger partial charge on any atom is 0.224 e. The molecule has 30 heavy (non-hydrogen) atoms. The Hall–Kier alpha value is -3.05. The number of amides is 1. The van der Waals surface area contributed by atoms with Gasteiger partial charge in [-0.1, -0.05) is 42.5 Å². The Morgan fingerprint density at radius 3 is 2.67 bits per heavy atom. The second-order valence-corrected chi connectivity index (χ2v) is 7.78. The molecule has 154 valence electrons. The van der Waals surface area contributed by atoms with Gasteiger partial charge in [0.05, 0.1) is 12.1 Å². The predicted octanol–water partition coefficient (Wildman–Crippen LogP) is 3.86. The van der Waals surface area contributed by atoms with Crippen LogP contribution in [0.25, 0.3) is 11.3 Å². The third-order valence-corrected chi connectivity index (χ3v) is 5.58. The zero-order chi connectivity index (χ0) is 20.8. The molecule has 5 heteroatoms. The van der Waals surface area contributed by atoms with Crippen LogP contribution < -0.4 is 5.32 Å². The summed E-state index contributed by atoms with van der Waals surface area (Å²) >= 11 is 0. The molecule has 1 amide bonds. The van der Waals surface area contributed by atoms with Gasteiger partial charge in [-0.25, -0.2) is 4.39 Å². The van der Waals surface area contributed by atoms with Gasteiger partial charge in [-0.15, -0.1) is 0 Å². The summed E-state index contributed by atoms with van der Waals surface area (Å²) in [5.41, 5.74) is 4.00. The van der Waals surface area contributed by atoms with E-state index in [0.717, 1.165) is 54.9 Å². The number of likely N-dealkylation sites (tertiary alicyclic amines) is 1. The number of carbonyl (C=O) groups excluding carboxylic acids is 1. The van der Waals surface area contributed by atoms with Crippen LogP contribution in [0.2, 0.25) is 0 Å². The van der Waals surface area contributed by atoms with Gasteiger partial charge >= 0.3 is 0 Å². The molecule has 1 aliphatic rings. The summed E-state index contributed by atoms with van der Waals surface area (Å²) in [5, 5.41) is 3.19. The van der Waals surface area contributed by atoms with E-state index in [2.05, 4.69) is 15.2 Å². The van der Waals surface area contributed by atoms with Crippen LogP contribution in [0.5, 0.6) is 0 Å². The number of nitrogens with one attached hydrogen (secondary N) is 1. The smallest absolute Gasteiger partial charge is 0.224 e. The fraction of sp³-hybridized carbons (Fsp3) is 0.280. The van der Waals surface area contributed by atoms with Gasteiger partial charge in [0, 0.05) is 37.4 Å². The van der Waals surface area contributed by atoms with Crippen LogP contribution in [0.4, 0.5) is 4.39 Å². The molecule has 1 aliphatic heterocycles. The first-order valence-corrected chi connectivity index (χ1v) is 10.4. The number of nitrogens with zero attached hydrogens (tertiary/aromatic N) is 2. The number of hydrogen-bond donors (Lipinski definition) is 1. The third-order valence-electron chi connectivity index (χ3n) is 5.58. The Morgan fingerprint density at radius 1 is 1.07 bits per heavy atom. The summed E-state index contributed by atoms with van der Waals surface area (Å²) in [6.07, 6.45) is 3.96. The predicted molar refractivity (Wildman–Crippen MR) is 116 cm³/mol. The second-order valence-electron chi connectivity index (χ2n) is 7.78. The Morgan fingerprint density at radius 2 is 1.87 bits per heavy atom. The highest BCUT2D eigenvalue weighted by atomic mass is 19.1. The zero-order valence-corrected chi connectivity index (χ0v) is 16.9. The minimum absolute atomic E-state index is 0.0452. The molecule has 3 aromatic rings. The van der Waals surface area contributed by atoms with E-state index in [4.69, 9.17) is 0 Å². The van der Waals surface area contributed by atoms with Crippen LogP contribution in [-0.4, -0.2) is 41.5 Å². The number of aromatic nitrogens is 1. The molecule has 0 spiro atoms. The molecular weight excluding hydrogens is 377 g/mol. The molecule has 1 N–H and O–H groups in total. The molecule has 0 aliphatic carbocycles. The zero-order valence-electron chi connectivity index (χ0n) is 16.9. The van der Waals surface area contributed by atoms with Crippen LogP contribution >= 0.6 is 0 Å². The molecule has 0 radical (unpaired) electrons. The van der Waals surface area contributed by atoms with Crippen LogP contribution in [-0.2, 0) is 17.6 Å². The lowest BCUT2D eigenvalue weighted by molar-refractivity contribution is -0.121. The average Bonchev–Trinajstić information content (AvgIpc) is 3.21. The maximum absolute atomic E-state index is 13.0. The summed E-state index contributed by atoms with van der Waals surface area (Å²) in [6, 6.07) is 20.6. The number of hydrogen-bond acceptors (Lipinski definition) is 3. The second kappa shape index (κ2) is 9.63. The lowest BCUT2D eigenvalue weighted by Gasteiger charge is -2.17. The monoisotopic (exact) mass is 403 g/mol. The van der Waals surface area contributed by atoms with E-state index >= 15 is 0 Å². The van der Waals surface area contributed by atoms with Crippen LogP contribution in [0.1, 0.15) is 17.5 Å². The Balaban J connectivity index is 1.29. The minimum Gasteiger partial charge on any atom is -0.352 e. The van der Waals surface area contributed by atoms with E-state index in [9.17, 15) is 9.18 Å². The molecule has 2 heterocycles. The van der Waals surface area contributed by atoms with Crippen molar-refractivity contribution >= 4 is 5.91 Å². The molecule has 0 saturated carbocycles. The summed E-state index contributed by atoms with van der Waals surface area (Å²) < 4.78 is 13.0. The van der Waals surface area contributed by atoms with Crippen molar-refractivity contribution in [3.63, 3.8) is 0 Å². The highest BCUT2D eigenvalue weighted by Gasteiger charge is 2.23. The van der Waals surface area contributed by atoms with E-state index in [1.54, 1.807) is 6.20 Å². The van der Waals surface area contributed by atoms with Crippen molar-refractivity contribution in [3.05, 3.63) is 89.9 Å². The largest absolute Gasteiger partial charge is 0.352 e. The first kappa shape index (κ1) is 20.2. The van der Waals surface area contributed by atoms with Gasteiger partial charge in [0.25, 0.3) is 0 Å². The van der Waals surface area contributed by atoms with Crippen molar-refractivity contribution in [2.75, 3.05) is 19.6 Å². The van der Waals surface area contributed by atoms with Gasteiger partial charge in [-0.05, 0) is 48.2 Å². The summed E-state index contributed by atoms with van der Waals surface area (Å²) in [6.45, 7) is 2.74. The number of pyridine rings is 1. The van der Waals surface area contributed by atoms with Gasteiger partial charge in [0.1, 0.15) is 5.82 Å². The van der Waals surface area contributed by atoms with E-state index in [0.29, 0.717) is 6.42 Å². The van der Waals surface area contributed by atoms with E-state index in [1.807, 2.05) is 54.6 Å². The Bertz CT molecular complexity index is 975. The molecule has 0 bridgehead atoms. The van der Waals surface area contributed by atoms with Gasteiger partial charge in [0.2, 0.25) is 5.91 Å². The number of carbonyl (C=O) groups is 1. The molecular formula is C25H26FN3O. The number of halogens is 1. The minimum atomic E-state index is -0.202. The highest BCUT2D eigenvalue weighted by Crippen LogP contribution is 2.22. The van der Waals surface area contributed by atoms with Crippen molar-refractivity contribution in [2.24, 2.45) is 0 Å². The SMILES string of the molecule is O=C(Cc1ccccc1-c1ccccn1)N[C@H]1CCN(CCc2ccc(F)cc2)C1. The van der Waals surface area contributed by atoms with Crippen molar-refractivity contribution < 1.29 is 9.18 Å². The molecule has 2 aromatic carbocycles. The van der Waals surface area contributed by atoms with E-state index in [-0.39, 0.29) is 17.8 Å². The number of benzene rings is 2. The molecule has 4 nitrogen and oxygen atoms in total. The molecule has 1 fully saturated rings. The first-order valence-electron chi connectivity index (χ1n) is 10.4. The van der Waals surface area contributed by atoms with Gasteiger partial charge in [-0.2, -0.15) is 0 Å². The van der Waals surface area contributed by atoms with Crippen molar-refractivity contribution in [2.45, 2.75) is 25.3 Å². The highest BCUT2D eigenvalue weighted by molar-refractivity contribution is 5.81. The maximum atomic E-state index is 13.0. The number of rotatable bonds is 7. The van der Waals surface area contributed by atoms with E-state index in [1.165, 1.54) is 12.1 Å². The van der Waals surface area contributed by atoms with Gasteiger partial charge < -0.3 is 10.2 Å². The first-order chi connectivity index (χ1) is 14.7. The molecule has 1 aromatic heterocycles. The van der Waals surface area contributed by atoms with Gasteiger partial charge in [-0.3, -0.25) is 9.78 Å². The fourth-order valence-corrected chi connectivity index (χ4v) is 3.99. The van der Waals surface area contributed by atoms with Gasteiger partial charge in [0.15, 0.2) is 0 Å². The Kier molecular flexibility index (Phi) is 6.50. The summed E-state index contributed by atoms with van der Waals surface area (Å²) in [4.78, 5) is 19.5. The van der Waals surface area contributed by atoms with Crippen LogP contribution in [0.3, 0.4) is 0 Å². The summed E-state index contributed by atoms with van der Waals surface area (Å²) in [7, 11) is 0. The molecule has 4 rings (SSSR count). The molecule has 0 unspecified atom stereocenters. The lowest BCUT2D eigenvalue weighted by atomic mass is 10.0. The standard InChI is InChI=1S/C25H26FN3O/c26-21-10-8-19(9-11-21)12-15-29-16-13-22(18-29)28-25(30)17-20-5-1-2-6-23(20)24-7-3-4-14-27-24/h1-11,14,22H,12-13,15-18H2,(H,28,30)/t22-/m0/s1. The quantitative estimate of drug-likeness (QED) is 0.652. The van der Waals surface area contributed by atoms with Crippen molar-refractivity contribution in [3.8, 4) is 11.3 Å². The average molecular weight is 404 g/mol. The normalized spacial score (nSPS) is 16.5. The van der Waals surface area contributed by atoms with Crippen LogP contribution in [0, 0.1) is 5.82 Å². The lowest BCUT2D eigenvalue weighted by Crippen LogP contribution is -2.38. The van der Waals surface area contributed by atoms with Crippen molar-refractivity contribution in [1.29, 1.82) is 0 Å². The van der Waals surface area contributed by atoms with Crippen molar-refractivity contribution in [1.82, 2.24) is 15.2 Å². The molecule has 1 saturated heterocycles. The summed E-state index contributed by atoms with van der Waals surface area (Å²) in [5.74, 6) is -0.156. The Labute approximate surface area is 176 Å².